The number of likely N-dealkylation sites (tertiary alicyclic amines) is 1. The van der Waals surface area contributed by atoms with E-state index in [2.05, 4.69) is 11.8 Å². The minimum Gasteiger partial charge on any atom is -0.382 e. The van der Waals surface area contributed by atoms with Crippen LogP contribution < -0.4 is 5.73 Å². The first-order valence-corrected chi connectivity index (χ1v) is 5.36. The number of hydrogen-bond donors (Lipinski definition) is 1. The quantitative estimate of drug-likeness (QED) is 0.641. The molecule has 0 bridgehead atoms. The average molecular weight is 202 g/mol. The molecule has 0 aromatic rings. The van der Waals surface area contributed by atoms with E-state index in [4.69, 9.17) is 15.2 Å². The summed E-state index contributed by atoms with van der Waals surface area (Å²) in [5.74, 6) is 0. The average Bonchev–Trinajstić information content (AvgIpc) is 2.21. The summed E-state index contributed by atoms with van der Waals surface area (Å²) in [7, 11) is 1.68. The summed E-state index contributed by atoms with van der Waals surface area (Å²) in [6.45, 7) is 6.60. The fourth-order valence-corrected chi connectivity index (χ4v) is 1.75. The lowest BCUT2D eigenvalue weighted by atomic mass is 10.0. The van der Waals surface area contributed by atoms with Crippen LogP contribution in [0.5, 0.6) is 0 Å². The first kappa shape index (κ1) is 11.9. The van der Waals surface area contributed by atoms with Crippen molar-refractivity contribution in [1.82, 2.24) is 4.90 Å². The topological polar surface area (TPSA) is 47.7 Å². The smallest absolute Gasteiger partial charge is 0.0854 e. The molecule has 1 saturated heterocycles. The van der Waals surface area contributed by atoms with E-state index >= 15 is 0 Å². The van der Waals surface area contributed by atoms with Gasteiger partial charge in [0.15, 0.2) is 0 Å². The molecule has 1 aliphatic heterocycles. The maximum Gasteiger partial charge on any atom is 0.0854 e. The van der Waals surface area contributed by atoms with Gasteiger partial charge in [-0.25, -0.2) is 0 Å². The molecule has 0 radical (unpaired) electrons. The zero-order chi connectivity index (χ0) is 10.4. The molecule has 4 heteroatoms. The van der Waals surface area contributed by atoms with Gasteiger partial charge in [0.1, 0.15) is 0 Å². The zero-order valence-electron chi connectivity index (χ0n) is 9.24. The molecule has 0 saturated carbocycles. The molecular formula is C10H22N2O2. The maximum absolute atomic E-state index is 5.99. The highest BCUT2D eigenvalue weighted by Crippen LogP contribution is 2.11. The van der Waals surface area contributed by atoms with Crippen molar-refractivity contribution < 1.29 is 9.47 Å². The van der Waals surface area contributed by atoms with Crippen molar-refractivity contribution in [3.63, 3.8) is 0 Å². The van der Waals surface area contributed by atoms with Gasteiger partial charge < -0.3 is 20.1 Å². The van der Waals surface area contributed by atoms with Crippen molar-refractivity contribution in [1.29, 1.82) is 0 Å². The van der Waals surface area contributed by atoms with E-state index in [-0.39, 0.29) is 12.1 Å². The van der Waals surface area contributed by atoms with E-state index < -0.39 is 0 Å². The summed E-state index contributed by atoms with van der Waals surface area (Å²) >= 11 is 0. The van der Waals surface area contributed by atoms with E-state index in [1.54, 1.807) is 7.11 Å². The van der Waals surface area contributed by atoms with Gasteiger partial charge in [-0.3, -0.25) is 0 Å². The molecule has 14 heavy (non-hydrogen) atoms. The van der Waals surface area contributed by atoms with Crippen molar-refractivity contribution in [2.45, 2.75) is 25.5 Å². The number of nitrogens with two attached hydrogens (primary N) is 1. The molecular weight excluding hydrogens is 180 g/mol. The molecule has 1 heterocycles. The summed E-state index contributed by atoms with van der Waals surface area (Å²) in [5.41, 5.74) is 5.99. The molecule has 0 amide bonds. The highest BCUT2D eigenvalue weighted by atomic mass is 16.5. The maximum atomic E-state index is 5.99. The third-order valence-corrected chi connectivity index (χ3v) is 2.76. The summed E-state index contributed by atoms with van der Waals surface area (Å²) < 4.78 is 10.6. The van der Waals surface area contributed by atoms with E-state index in [0.717, 1.165) is 26.1 Å². The van der Waals surface area contributed by atoms with E-state index in [1.807, 2.05) is 0 Å². The fourth-order valence-electron chi connectivity index (χ4n) is 1.75. The van der Waals surface area contributed by atoms with Gasteiger partial charge >= 0.3 is 0 Å². The minimum atomic E-state index is 0.179. The second-order valence-corrected chi connectivity index (χ2v) is 3.75. The first-order chi connectivity index (χ1) is 6.77. The number of hydrogen-bond acceptors (Lipinski definition) is 4. The number of rotatable bonds is 5. The molecule has 0 unspecified atom stereocenters. The van der Waals surface area contributed by atoms with Crippen molar-refractivity contribution in [2.75, 3.05) is 40.0 Å². The molecule has 1 fully saturated rings. The predicted molar refractivity (Wildman–Crippen MR) is 56.3 cm³/mol. The van der Waals surface area contributed by atoms with Gasteiger partial charge in [-0.15, -0.1) is 0 Å². The lowest BCUT2D eigenvalue weighted by molar-refractivity contribution is -0.0300. The van der Waals surface area contributed by atoms with Gasteiger partial charge in [-0.2, -0.15) is 0 Å². The van der Waals surface area contributed by atoms with Crippen LogP contribution in [-0.2, 0) is 9.47 Å². The minimum absolute atomic E-state index is 0.179. The van der Waals surface area contributed by atoms with Crippen molar-refractivity contribution in [3.8, 4) is 0 Å². The number of ether oxygens (including phenoxy) is 2. The lowest BCUT2D eigenvalue weighted by Gasteiger charge is -2.36. The predicted octanol–water partition coefficient (Wildman–Crippen LogP) is 0.0709. The fraction of sp³-hybridized carbons (Fsp3) is 1.00. The van der Waals surface area contributed by atoms with Crippen molar-refractivity contribution >= 4 is 0 Å². The molecule has 0 aliphatic carbocycles. The number of methoxy groups -OCH3 is 1. The molecule has 0 aromatic carbocycles. The molecule has 2 N–H and O–H groups in total. The monoisotopic (exact) mass is 202 g/mol. The first-order valence-electron chi connectivity index (χ1n) is 5.36. The third kappa shape index (κ3) is 3.53. The zero-order valence-corrected chi connectivity index (χ0v) is 9.24. The van der Waals surface area contributed by atoms with E-state index in [9.17, 15) is 0 Å². The van der Waals surface area contributed by atoms with Gasteiger partial charge in [0, 0.05) is 19.7 Å². The van der Waals surface area contributed by atoms with E-state index in [0.29, 0.717) is 13.2 Å². The second-order valence-electron chi connectivity index (χ2n) is 3.75. The Morgan fingerprint density at radius 2 is 2.21 bits per heavy atom. The summed E-state index contributed by atoms with van der Waals surface area (Å²) in [6, 6.07) is 0.189. The Bertz CT molecular complexity index is 155. The SMILES string of the molecule is CCN1CC[C@@H](N)[C@H](OCCOC)C1. The van der Waals surface area contributed by atoms with Crippen LogP contribution in [0.3, 0.4) is 0 Å². The van der Waals surface area contributed by atoms with Crippen LogP contribution in [0.25, 0.3) is 0 Å². The van der Waals surface area contributed by atoms with Gasteiger partial charge in [-0.05, 0) is 19.5 Å². The summed E-state index contributed by atoms with van der Waals surface area (Å²) in [6.07, 6.45) is 1.21. The number of likely N-dealkylation sites (N-methyl/N-ethyl adjacent to an activating group) is 1. The van der Waals surface area contributed by atoms with Gasteiger partial charge in [0.05, 0.1) is 19.3 Å². The highest BCUT2D eigenvalue weighted by Gasteiger charge is 2.26. The second kappa shape index (κ2) is 6.35. The Morgan fingerprint density at radius 1 is 1.43 bits per heavy atom. The Kier molecular flexibility index (Phi) is 5.40. The molecule has 0 spiro atoms. The largest absolute Gasteiger partial charge is 0.382 e. The summed E-state index contributed by atoms with van der Waals surface area (Å²) in [5, 5.41) is 0. The standard InChI is InChI=1S/C10H22N2O2/c1-3-12-5-4-9(11)10(8-12)14-7-6-13-2/h9-10H,3-8,11H2,1-2H3/t9-,10-/m1/s1. The van der Waals surface area contributed by atoms with Crippen LogP contribution >= 0.6 is 0 Å². The Balaban J connectivity index is 2.25. The summed E-state index contributed by atoms with van der Waals surface area (Å²) in [4.78, 5) is 2.38. The molecule has 2 atom stereocenters. The Hall–Kier alpha value is -0.160. The van der Waals surface area contributed by atoms with Crippen LogP contribution in [0.4, 0.5) is 0 Å². The Labute approximate surface area is 86.3 Å². The van der Waals surface area contributed by atoms with Gasteiger partial charge in [-0.1, -0.05) is 6.92 Å². The molecule has 4 nitrogen and oxygen atoms in total. The molecule has 0 aromatic heterocycles. The highest BCUT2D eigenvalue weighted by molar-refractivity contribution is 4.83. The van der Waals surface area contributed by atoms with Gasteiger partial charge in [0.2, 0.25) is 0 Å². The molecule has 1 aliphatic rings. The van der Waals surface area contributed by atoms with E-state index in [1.165, 1.54) is 0 Å². The Morgan fingerprint density at radius 3 is 2.86 bits per heavy atom. The number of nitrogens with zero attached hydrogens (tertiary/aromatic N) is 1. The van der Waals surface area contributed by atoms with Crippen molar-refractivity contribution in [3.05, 3.63) is 0 Å². The number of piperidine rings is 1. The van der Waals surface area contributed by atoms with Crippen LogP contribution in [0, 0.1) is 0 Å². The van der Waals surface area contributed by atoms with Crippen LogP contribution in [0.1, 0.15) is 13.3 Å². The van der Waals surface area contributed by atoms with Crippen LogP contribution in [0.15, 0.2) is 0 Å². The lowest BCUT2D eigenvalue weighted by Crippen LogP contribution is -2.51. The van der Waals surface area contributed by atoms with Gasteiger partial charge in [0.25, 0.3) is 0 Å². The third-order valence-electron chi connectivity index (χ3n) is 2.76. The molecule has 84 valence electrons. The van der Waals surface area contributed by atoms with Crippen molar-refractivity contribution in [2.24, 2.45) is 5.73 Å². The van der Waals surface area contributed by atoms with Crippen LogP contribution in [0.2, 0.25) is 0 Å². The molecule has 1 rings (SSSR count). The normalized spacial score (nSPS) is 29.4. The van der Waals surface area contributed by atoms with Crippen LogP contribution in [-0.4, -0.2) is 57.0 Å².